The molecule has 4 rings (SSSR count). The van der Waals surface area contributed by atoms with Crippen molar-refractivity contribution in [3.63, 3.8) is 0 Å². The first-order chi connectivity index (χ1) is 15.8. The Kier molecular flexibility index (Phi) is 6.05. The van der Waals surface area contributed by atoms with Crippen molar-refractivity contribution in [1.29, 1.82) is 0 Å². The van der Waals surface area contributed by atoms with Crippen LogP contribution in [0.3, 0.4) is 0 Å². The second-order valence-corrected chi connectivity index (χ2v) is 7.65. The summed E-state index contributed by atoms with van der Waals surface area (Å²) >= 11 is 0. The number of rotatable bonds is 5. The molecule has 1 N–H and O–H groups in total. The summed E-state index contributed by atoms with van der Waals surface area (Å²) in [6.07, 6.45) is -4.66. The Morgan fingerprint density at radius 1 is 0.879 bits per heavy atom. The molecule has 1 atom stereocenters. The van der Waals surface area contributed by atoms with Gasteiger partial charge in [0, 0.05) is 6.42 Å². The van der Waals surface area contributed by atoms with Gasteiger partial charge < -0.3 is 10.1 Å². The molecule has 0 saturated heterocycles. The van der Waals surface area contributed by atoms with Crippen LogP contribution in [0, 0.1) is 0 Å². The third kappa shape index (κ3) is 4.67. The Morgan fingerprint density at radius 3 is 2.06 bits per heavy atom. The average molecular weight is 451 g/mol. The van der Waals surface area contributed by atoms with Gasteiger partial charge in [-0.05, 0) is 39.2 Å². The highest BCUT2D eigenvalue weighted by molar-refractivity contribution is 6.18. The maximum Gasteiger partial charge on any atom is 0.416 e. The number of carbonyl (C=O) groups is 2. The number of nitrogens with one attached hydrogen (secondary N) is 1. The van der Waals surface area contributed by atoms with Crippen molar-refractivity contribution in [2.24, 2.45) is 0 Å². The zero-order chi connectivity index (χ0) is 23.6. The van der Waals surface area contributed by atoms with Gasteiger partial charge in [0.05, 0.1) is 18.2 Å². The molecule has 4 aromatic rings. The Bertz CT molecular complexity index is 1290. The Hall–Kier alpha value is -3.87. The van der Waals surface area contributed by atoms with Crippen LogP contribution in [0.4, 0.5) is 13.2 Å². The van der Waals surface area contributed by atoms with E-state index in [2.05, 4.69) is 5.32 Å². The number of amides is 1. The van der Waals surface area contributed by atoms with Crippen LogP contribution in [0.1, 0.15) is 21.5 Å². The number of carbonyl (C=O) groups excluding carboxylic acids is 2. The van der Waals surface area contributed by atoms with Crippen molar-refractivity contribution in [3.8, 4) is 0 Å². The highest BCUT2D eigenvalue weighted by atomic mass is 19.4. The zero-order valence-electron chi connectivity index (χ0n) is 17.6. The lowest BCUT2D eigenvalue weighted by Gasteiger charge is -2.19. The summed E-state index contributed by atoms with van der Waals surface area (Å²) < 4.78 is 44.1. The largest absolute Gasteiger partial charge is 0.467 e. The lowest BCUT2D eigenvalue weighted by molar-refractivity contribution is -0.142. The molecule has 0 radical (unpaired) electrons. The van der Waals surface area contributed by atoms with Gasteiger partial charge in [-0.25, -0.2) is 4.79 Å². The summed E-state index contributed by atoms with van der Waals surface area (Å²) in [6, 6.07) is 20.2. The van der Waals surface area contributed by atoms with E-state index >= 15 is 0 Å². The van der Waals surface area contributed by atoms with Crippen LogP contribution in [0.2, 0.25) is 0 Å². The summed E-state index contributed by atoms with van der Waals surface area (Å²) in [4.78, 5) is 25.9. The van der Waals surface area contributed by atoms with Crippen LogP contribution >= 0.6 is 0 Å². The fourth-order valence-electron chi connectivity index (χ4n) is 3.93. The van der Waals surface area contributed by atoms with Gasteiger partial charge in [0.15, 0.2) is 0 Å². The van der Waals surface area contributed by atoms with E-state index < -0.39 is 29.7 Å². The molecule has 33 heavy (non-hydrogen) atoms. The van der Waals surface area contributed by atoms with Crippen LogP contribution in [0.25, 0.3) is 21.5 Å². The molecule has 0 fully saturated rings. The third-order valence-electron chi connectivity index (χ3n) is 5.48. The number of alkyl halides is 3. The fraction of sp³-hybridized carbons (Fsp3) is 0.154. The monoisotopic (exact) mass is 451 g/mol. The molecule has 0 spiro atoms. The molecule has 0 aliphatic carbocycles. The maximum atomic E-state index is 13.4. The minimum atomic E-state index is -4.51. The molecule has 168 valence electrons. The van der Waals surface area contributed by atoms with E-state index in [-0.39, 0.29) is 12.0 Å². The number of halogens is 3. The topological polar surface area (TPSA) is 55.4 Å². The Morgan fingerprint density at radius 2 is 1.48 bits per heavy atom. The fourth-order valence-corrected chi connectivity index (χ4v) is 3.93. The summed E-state index contributed by atoms with van der Waals surface area (Å²) in [6.45, 7) is 0. The van der Waals surface area contributed by atoms with E-state index in [1.807, 2.05) is 54.6 Å². The highest BCUT2D eigenvalue weighted by Gasteiger charge is 2.31. The molecule has 0 unspecified atom stereocenters. The second kappa shape index (κ2) is 8.94. The smallest absolute Gasteiger partial charge is 0.416 e. The average Bonchev–Trinajstić information content (AvgIpc) is 2.81. The molecule has 1 amide bonds. The van der Waals surface area contributed by atoms with E-state index in [1.165, 1.54) is 19.2 Å². The highest BCUT2D eigenvalue weighted by Crippen LogP contribution is 2.30. The van der Waals surface area contributed by atoms with Crippen molar-refractivity contribution >= 4 is 33.4 Å². The molecule has 0 bridgehead atoms. The summed E-state index contributed by atoms with van der Waals surface area (Å²) in [5.74, 6) is -1.25. The lowest BCUT2D eigenvalue weighted by Crippen LogP contribution is -2.43. The lowest BCUT2D eigenvalue weighted by atomic mass is 9.95. The molecule has 0 aromatic heterocycles. The normalized spacial score (nSPS) is 12.5. The predicted octanol–water partition coefficient (Wildman–Crippen LogP) is 5.53. The van der Waals surface area contributed by atoms with Gasteiger partial charge in [-0.3, -0.25) is 4.79 Å². The van der Waals surface area contributed by atoms with Gasteiger partial charge in [0.1, 0.15) is 6.04 Å². The van der Waals surface area contributed by atoms with E-state index in [9.17, 15) is 22.8 Å². The predicted molar refractivity (Wildman–Crippen MR) is 120 cm³/mol. The van der Waals surface area contributed by atoms with Gasteiger partial charge in [-0.15, -0.1) is 0 Å². The molecule has 4 nitrogen and oxygen atoms in total. The first kappa shape index (κ1) is 22.3. The van der Waals surface area contributed by atoms with Crippen LogP contribution < -0.4 is 5.32 Å². The van der Waals surface area contributed by atoms with Gasteiger partial charge >= 0.3 is 12.1 Å². The maximum absolute atomic E-state index is 13.4. The van der Waals surface area contributed by atoms with Crippen molar-refractivity contribution in [3.05, 3.63) is 95.6 Å². The molecule has 0 aliphatic heterocycles. The number of esters is 1. The number of hydrogen-bond donors (Lipinski definition) is 1. The minimum Gasteiger partial charge on any atom is -0.467 e. The minimum absolute atomic E-state index is 0.148. The van der Waals surface area contributed by atoms with Gasteiger partial charge in [0.2, 0.25) is 0 Å². The zero-order valence-corrected chi connectivity index (χ0v) is 17.6. The Balaban J connectivity index is 1.72. The number of benzene rings is 4. The van der Waals surface area contributed by atoms with Crippen LogP contribution in [0.5, 0.6) is 0 Å². The first-order valence-electron chi connectivity index (χ1n) is 10.2. The summed E-state index contributed by atoms with van der Waals surface area (Å²) in [5, 5.41) is 5.80. The molecule has 7 heteroatoms. The van der Waals surface area contributed by atoms with Crippen LogP contribution in [0.15, 0.2) is 78.9 Å². The van der Waals surface area contributed by atoms with Gasteiger partial charge in [-0.1, -0.05) is 66.7 Å². The van der Waals surface area contributed by atoms with Crippen LogP contribution in [-0.2, 0) is 22.1 Å². The van der Waals surface area contributed by atoms with E-state index in [1.54, 1.807) is 0 Å². The molecular weight excluding hydrogens is 431 g/mol. The van der Waals surface area contributed by atoms with Crippen molar-refractivity contribution < 1.29 is 27.5 Å². The molecular formula is C26H20F3NO3. The van der Waals surface area contributed by atoms with Crippen LogP contribution in [-0.4, -0.2) is 25.0 Å². The first-order valence-corrected chi connectivity index (χ1v) is 10.2. The third-order valence-corrected chi connectivity index (χ3v) is 5.48. The van der Waals surface area contributed by atoms with Gasteiger partial charge in [0.25, 0.3) is 5.91 Å². The quantitative estimate of drug-likeness (QED) is 0.321. The van der Waals surface area contributed by atoms with E-state index in [0.29, 0.717) is 16.3 Å². The standard InChI is InChI=1S/C26H20F3NO3/c1-33-25(32)22(14-16-7-6-10-19(13-16)26(27,28)29)30-24(31)23-20-11-4-2-8-17(20)15-18-9-3-5-12-21(18)23/h2-13,15,22H,14H2,1H3,(H,30,31)/t22-/m0/s1. The van der Waals surface area contributed by atoms with Crippen molar-refractivity contribution in [1.82, 2.24) is 5.32 Å². The van der Waals surface area contributed by atoms with Crippen molar-refractivity contribution in [2.75, 3.05) is 7.11 Å². The van der Waals surface area contributed by atoms with Crippen molar-refractivity contribution in [2.45, 2.75) is 18.6 Å². The molecule has 0 saturated carbocycles. The molecule has 4 aromatic carbocycles. The number of fused-ring (bicyclic) bond motifs is 2. The SMILES string of the molecule is COC(=O)[C@H](Cc1cccc(C(F)(F)F)c1)NC(=O)c1c2ccccc2cc2ccccc12. The number of methoxy groups -OCH3 is 1. The van der Waals surface area contributed by atoms with E-state index in [4.69, 9.17) is 4.74 Å². The summed E-state index contributed by atoms with van der Waals surface area (Å²) in [5.41, 5.74) is -0.181. The second-order valence-electron chi connectivity index (χ2n) is 7.65. The molecule has 0 aliphatic rings. The molecule has 0 heterocycles. The number of ether oxygens (including phenoxy) is 1. The Labute approximate surface area is 188 Å². The summed E-state index contributed by atoms with van der Waals surface area (Å²) in [7, 11) is 1.17. The van der Waals surface area contributed by atoms with E-state index in [0.717, 1.165) is 22.9 Å². The number of hydrogen-bond acceptors (Lipinski definition) is 3. The van der Waals surface area contributed by atoms with Gasteiger partial charge in [-0.2, -0.15) is 13.2 Å².